The minimum absolute atomic E-state index is 1.25. The lowest BCUT2D eigenvalue weighted by Crippen LogP contribution is -2.40. The normalized spacial score (nSPS) is 12.5. The zero-order chi connectivity index (χ0) is 6.78. The van der Waals surface area contributed by atoms with Gasteiger partial charge in [-0.15, -0.1) is 4.83 Å². The molecule has 6 heteroatoms. The number of rotatable bonds is 2. The maximum atomic E-state index is 10.1. The van der Waals surface area contributed by atoms with Crippen LogP contribution in [0.25, 0.3) is 0 Å². The van der Waals surface area contributed by atoms with Crippen LogP contribution in [-0.4, -0.2) is 27.5 Å². The highest BCUT2D eigenvalue weighted by Crippen LogP contribution is 1.66. The first kappa shape index (κ1) is 7.83. The summed E-state index contributed by atoms with van der Waals surface area (Å²) in [5.74, 6) is 0. The topological polar surface area (TPSA) is 75.4 Å². The Labute approximate surface area is 48.6 Å². The van der Waals surface area contributed by atoms with Gasteiger partial charge in [0.2, 0.25) is 0 Å². The van der Waals surface area contributed by atoms with Gasteiger partial charge < -0.3 is 0 Å². The summed E-state index contributed by atoms with van der Waals surface area (Å²) in [7, 11) is -0.483. The summed E-state index contributed by atoms with van der Waals surface area (Å²) in [5, 5.41) is 5.80. The van der Waals surface area contributed by atoms with E-state index < -0.39 is 10.2 Å². The van der Waals surface area contributed by atoms with Gasteiger partial charge in [-0.25, -0.2) is 10.1 Å². The zero-order valence-electron chi connectivity index (χ0n) is 4.75. The predicted octanol–water partition coefficient (Wildman–Crippen LogP) is -1.74. The lowest BCUT2D eigenvalue weighted by molar-refractivity contribution is 0.364. The molecule has 0 radical (unpaired) electrons. The molecule has 0 aromatic heterocycles. The van der Waals surface area contributed by atoms with E-state index in [0.717, 1.165) is 0 Å². The summed E-state index contributed by atoms with van der Waals surface area (Å²) >= 11 is 0. The van der Waals surface area contributed by atoms with E-state index in [1.54, 1.807) is 0 Å². The van der Waals surface area contributed by atoms with Gasteiger partial charge in [0.05, 0.1) is 0 Å². The molecule has 0 spiro atoms. The molecule has 0 fully saturated rings. The molecule has 0 rings (SSSR count). The predicted molar refractivity (Wildman–Crippen MR) is 29.9 cm³/mol. The van der Waals surface area contributed by atoms with Gasteiger partial charge in [-0.2, -0.15) is 8.42 Å². The largest absolute Gasteiger partial charge is 0.287 e. The van der Waals surface area contributed by atoms with Crippen LogP contribution in [0.5, 0.6) is 0 Å². The Hall–Kier alpha value is -0.170. The fourth-order valence-electron chi connectivity index (χ4n) is 0.254. The fraction of sp³-hybridized carbons (Fsp3) is 1.00. The van der Waals surface area contributed by atoms with Crippen molar-refractivity contribution in [2.45, 2.75) is 0 Å². The Morgan fingerprint density at radius 3 is 1.88 bits per heavy atom. The van der Waals surface area contributed by atoms with E-state index in [4.69, 9.17) is 0 Å². The van der Waals surface area contributed by atoms with Crippen molar-refractivity contribution in [1.82, 2.24) is 9.84 Å². The van der Waals surface area contributed by atoms with Crippen molar-refractivity contribution >= 4 is 10.2 Å². The van der Waals surface area contributed by atoms with Gasteiger partial charge in [0.1, 0.15) is 0 Å². The molecule has 5 nitrogen and oxygen atoms in total. The molecule has 3 N–H and O–H groups in total. The van der Waals surface area contributed by atoms with E-state index in [-0.39, 0.29) is 0 Å². The molecule has 8 heavy (non-hydrogen) atoms. The minimum Gasteiger partial charge on any atom is -0.236 e. The summed E-state index contributed by atoms with van der Waals surface area (Å²) < 4.78 is 20.1. The summed E-state index contributed by atoms with van der Waals surface area (Å²) in [5.41, 5.74) is 0. The third kappa shape index (κ3) is 5.83. The second-order valence-electron chi connectivity index (χ2n) is 1.53. The van der Waals surface area contributed by atoms with Gasteiger partial charge in [-0.05, 0) is 0 Å². The molecule has 0 saturated carbocycles. The molecular weight excluding hydrogens is 130 g/mol. The highest BCUT2D eigenvalue weighted by molar-refractivity contribution is 7.87. The van der Waals surface area contributed by atoms with Crippen molar-refractivity contribution in [2.24, 2.45) is 5.14 Å². The van der Waals surface area contributed by atoms with Crippen LogP contribution in [0.15, 0.2) is 0 Å². The monoisotopic (exact) mass is 139 g/mol. The molecule has 0 unspecified atom stereocenters. The SMILES string of the molecule is CN(C)NS(N)(=O)=O. The Morgan fingerprint density at radius 1 is 1.50 bits per heavy atom. The summed E-state index contributed by atoms with van der Waals surface area (Å²) in [4.78, 5) is 1.97. The molecule has 0 aromatic rings. The van der Waals surface area contributed by atoms with Crippen LogP contribution < -0.4 is 9.97 Å². The van der Waals surface area contributed by atoms with Crippen LogP contribution in [0.3, 0.4) is 0 Å². The quantitative estimate of drug-likeness (QED) is 0.446. The van der Waals surface area contributed by atoms with Crippen molar-refractivity contribution in [2.75, 3.05) is 14.1 Å². The Balaban J connectivity index is 3.75. The Kier molecular flexibility index (Phi) is 2.35. The number of nitrogens with zero attached hydrogens (tertiary/aromatic N) is 1. The van der Waals surface area contributed by atoms with Crippen LogP contribution in [0.2, 0.25) is 0 Å². The maximum absolute atomic E-state index is 10.1. The Bertz CT molecular complexity index is 149. The van der Waals surface area contributed by atoms with Gasteiger partial charge in [0, 0.05) is 14.1 Å². The first-order valence-corrected chi connectivity index (χ1v) is 3.44. The number of hydrogen-bond acceptors (Lipinski definition) is 3. The van der Waals surface area contributed by atoms with Crippen LogP contribution >= 0.6 is 0 Å². The van der Waals surface area contributed by atoms with Gasteiger partial charge in [-0.1, -0.05) is 0 Å². The highest BCUT2D eigenvalue weighted by atomic mass is 32.2. The molecule has 0 aromatic carbocycles. The zero-order valence-corrected chi connectivity index (χ0v) is 5.57. The number of nitrogens with one attached hydrogen (secondary N) is 1. The van der Waals surface area contributed by atoms with E-state index in [1.165, 1.54) is 19.1 Å². The number of nitrogens with two attached hydrogens (primary N) is 1. The summed E-state index contributed by atoms with van der Waals surface area (Å²) in [6.07, 6.45) is 0. The van der Waals surface area contributed by atoms with Crippen molar-refractivity contribution in [1.29, 1.82) is 0 Å². The van der Waals surface area contributed by atoms with Crippen LogP contribution in [0, 0.1) is 0 Å². The number of hydrogen-bond donors (Lipinski definition) is 2. The minimum atomic E-state index is -3.55. The molecular formula is C2H9N3O2S. The van der Waals surface area contributed by atoms with Crippen LogP contribution in [0.4, 0.5) is 0 Å². The summed E-state index contributed by atoms with van der Waals surface area (Å²) in [6.45, 7) is 0. The van der Waals surface area contributed by atoms with E-state index in [9.17, 15) is 8.42 Å². The summed E-state index contributed by atoms with van der Waals surface area (Å²) in [6, 6.07) is 0. The molecule has 0 aliphatic rings. The maximum Gasteiger partial charge on any atom is 0.287 e. The molecule has 0 aliphatic carbocycles. The van der Waals surface area contributed by atoms with Crippen molar-refractivity contribution in [3.05, 3.63) is 0 Å². The molecule has 0 atom stereocenters. The molecule has 0 aliphatic heterocycles. The fourth-order valence-corrected chi connectivity index (χ4v) is 0.763. The molecule has 0 amide bonds. The van der Waals surface area contributed by atoms with E-state index in [2.05, 4.69) is 5.14 Å². The van der Waals surface area contributed by atoms with Crippen LogP contribution in [0.1, 0.15) is 0 Å². The van der Waals surface area contributed by atoms with Crippen molar-refractivity contribution < 1.29 is 8.42 Å². The van der Waals surface area contributed by atoms with Crippen molar-refractivity contribution in [3.8, 4) is 0 Å². The average Bonchev–Trinajstić information content (AvgIpc) is 1.21. The highest BCUT2D eigenvalue weighted by Gasteiger charge is 1.98. The smallest absolute Gasteiger partial charge is 0.236 e. The van der Waals surface area contributed by atoms with Crippen molar-refractivity contribution in [3.63, 3.8) is 0 Å². The van der Waals surface area contributed by atoms with E-state index in [1.807, 2.05) is 4.83 Å². The van der Waals surface area contributed by atoms with Gasteiger partial charge in [-0.3, -0.25) is 0 Å². The first-order valence-electron chi connectivity index (χ1n) is 1.89. The van der Waals surface area contributed by atoms with E-state index >= 15 is 0 Å². The third-order valence-corrected chi connectivity index (χ3v) is 0.929. The van der Waals surface area contributed by atoms with Gasteiger partial charge >= 0.3 is 0 Å². The standard InChI is InChI=1S/C2H9N3O2S/c1-5(2)4-8(3,6)7/h4H,1-2H3,(H2,3,6,7). The molecule has 0 heterocycles. The average molecular weight is 139 g/mol. The van der Waals surface area contributed by atoms with Crippen LogP contribution in [-0.2, 0) is 10.2 Å². The molecule has 0 bridgehead atoms. The third-order valence-electron chi connectivity index (χ3n) is 0.310. The lowest BCUT2D eigenvalue weighted by Gasteiger charge is -2.07. The first-order chi connectivity index (χ1) is 3.42. The number of hydrazine groups is 1. The second kappa shape index (κ2) is 2.40. The lowest BCUT2D eigenvalue weighted by atomic mass is 11.2. The second-order valence-corrected chi connectivity index (χ2v) is 2.80. The van der Waals surface area contributed by atoms with E-state index in [0.29, 0.717) is 0 Å². The molecule has 50 valence electrons. The Morgan fingerprint density at radius 2 is 1.88 bits per heavy atom. The molecule has 0 saturated heterocycles. The van der Waals surface area contributed by atoms with Gasteiger partial charge in [0.25, 0.3) is 10.2 Å². The van der Waals surface area contributed by atoms with Gasteiger partial charge in [0.15, 0.2) is 0 Å².